The van der Waals surface area contributed by atoms with Gasteiger partial charge in [0.25, 0.3) is 5.91 Å². The minimum atomic E-state index is -3.59. The van der Waals surface area contributed by atoms with Crippen LogP contribution in [-0.4, -0.2) is 81.0 Å². The van der Waals surface area contributed by atoms with E-state index in [0.717, 1.165) is 67.9 Å². The minimum absolute atomic E-state index is 0.208. The molecule has 210 valence electrons. The molecule has 0 N–H and O–H groups in total. The number of benzene rings is 2. The van der Waals surface area contributed by atoms with Crippen LogP contribution in [0.1, 0.15) is 42.1 Å². The van der Waals surface area contributed by atoms with Crippen LogP contribution < -0.4 is 4.90 Å². The molecule has 0 aliphatic carbocycles. The minimum Gasteiger partial charge on any atom is -0.379 e. The van der Waals surface area contributed by atoms with Crippen molar-refractivity contribution in [1.82, 2.24) is 14.2 Å². The van der Waals surface area contributed by atoms with Crippen molar-refractivity contribution < 1.29 is 17.9 Å². The first kappa shape index (κ1) is 28.4. The highest BCUT2D eigenvalue weighted by Crippen LogP contribution is 2.36. The number of piperidine rings is 1. The number of carbonyl (C=O) groups is 1. The van der Waals surface area contributed by atoms with Gasteiger partial charge < -0.3 is 4.74 Å². The highest BCUT2D eigenvalue weighted by molar-refractivity contribution is 7.89. The van der Waals surface area contributed by atoms with Crippen LogP contribution in [0, 0.1) is 12.8 Å². The Kier molecular flexibility index (Phi) is 8.90. The lowest BCUT2D eigenvalue weighted by molar-refractivity contribution is 0.0376. The molecule has 2 saturated heterocycles. The Labute approximate surface area is 239 Å². The van der Waals surface area contributed by atoms with Crippen LogP contribution in [0.3, 0.4) is 0 Å². The van der Waals surface area contributed by atoms with Crippen molar-refractivity contribution in [3.63, 3.8) is 0 Å². The van der Waals surface area contributed by atoms with Crippen LogP contribution in [0.5, 0.6) is 0 Å². The number of ether oxygens (including phenoxy) is 1. The third kappa shape index (κ3) is 6.31. The monoisotopic (exact) mass is 590 g/mol. The summed E-state index contributed by atoms with van der Waals surface area (Å²) in [6, 6.07) is 10.1. The Morgan fingerprint density at radius 2 is 1.79 bits per heavy atom. The van der Waals surface area contributed by atoms with Crippen molar-refractivity contribution >= 4 is 54.2 Å². The zero-order valence-electron chi connectivity index (χ0n) is 22.4. The topological polar surface area (TPSA) is 83.0 Å². The van der Waals surface area contributed by atoms with Gasteiger partial charge in [0.05, 0.1) is 33.3 Å². The summed E-state index contributed by atoms with van der Waals surface area (Å²) in [6.45, 7) is 9.75. The molecule has 5 rings (SSSR count). The average molecular weight is 591 g/mol. The highest BCUT2D eigenvalue weighted by Gasteiger charge is 2.29. The van der Waals surface area contributed by atoms with E-state index in [0.29, 0.717) is 41.3 Å². The van der Waals surface area contributed by atoms with Crippen molar-refractivity contribution in [2.24, 2.45) is 5.92 Å². The maximum absolute atomic E-state index is 13.8. The molecule has 2 aliphatic heterocycles. The first-order chi connectivity index (χ1) is 18.7. The third-order valence-electron chi connectivity index (χ3n) is 7.60. The molecule has 0 radical (unpaired) electrons. The molecule has 1 amide bonds. The number of aryl methyl sites for hydroxylation is 1. The fraction of sp³-hybridized carbons (Fsp3) is 0.500. The number of carbonyl (C=O) groups excluding carboxylic acids is 1. The van der Waals surface area contributed by atoms with Crippen LogP contribution in [0.2, 0.25) is 5.02 Å². The average Bonchev–Trinajstić information content (AvgIpc) is 3.40. The molecule has 11 heteroatoms. The summed E-state index contributed by atoms with van der Waals surface area (Å²) in [6.07, 6.45) is 2.50. The van der Waals surface area contributed by atoms with E-state index >= 15 is 0 Å². The van der Waals surface area contributed by atoms with Crippen molar-refractivity contribution in [1.29, 1.82) is 0 Å². The predicted molar refractivity (Wildman–Crippen MR) is 157 cm³/mol. The van der Waals surface area contributed by atoms with Gasteiger partial charge in [-0.25, -0.2) is 13.4 Å². The Morgan fingerprint density at radius 1 is 1.10 bits per heavy atom. The molecule has 2 fully saturated rings. The number of hydrogen-bond donors (Lipinski definition) is 0. The highest BCUT2D eigenvalue weighted by atomic mass is 35.5. The number of halogens is 1. The van der Waals surface area contributed by atoms with E-state index < -0.39 is 10.0 Å². The Balaban J connectivity index is 1.38. The van der Waals surface area contributed by atoms with Crippen LogP contribution >= 0.6 is 22.9 Å². The van der Waals surface area contributed by atoms with Crippen LogP contribution in [0.15, 0.2) is 41.3 Å². The summed E-state index contributed by atoms with van der Waals surface area (Å²) in [5, 5.41) is 1.20. The lowest BCUT2D eigenvalue weighted by Crippen LogP contribution is -2.39. The second-order valence-corrected chi connectivity index (χ2v) is 13.7. The lowest BCUT2D eigenvalue weighted by Gasteiger charge is -2.29. The quantitative estimate of drug-likeness (QED) is 0.365. The molecule has 2 aromatic carbocycles. The van der Waals surface area contributed by atoms with Crippen molar-refractivity contribution in [2.45, 2.75) is 38.0 Å². The molecule has 0 atom stereocenters. The van der Waals surface area contributed by atoms with Crippen molar-refractivity contribution in [3.8, 4) is 0 Å². The molecule has 0 bridgehead atoms. The summed E-state index contributed by atoms with van der Waals surface area (Å²) in [5.74, 6) is 0.326. The van der Waals surface area contributed by atoms with E-state index in [1.54, 1.807) is 33.5 Å². The second kappa shape index (κ2) is 12.2. The van der Waals surface area contributed by atoms with E-state index in [9.17, 15) is 13.2 Å². The smallest absolute Gasteiger partial charge is 0.260 e. The number of anilines is 1. The van der Waals surface area contributed by atoms with Gasteiger partial charge in [-0.2, -0.15) is 4.31 Å². The van der Waals surface area contributed by atoms with E-state index in [2.05, 4.69) is 11.8 Å². The number of thiazole rings is 1. The summed E-state index contributed by atoms with van der Waals surface area (Å²) in [4.78, 5) is 22.9. The number of fused-ring (bicyclic) bond motifs is 1. The number of sulfonamides is 1. The molecule has 2 aliphatic rings. The normalized spacial score (nSPS) is 18.0. The number of rotatable bonds is 8. The first-order valence-electron chi connectivity index (χ1n) is 13.5. The zero-order chi connectivity index (χ0) is 27.6. The lowest BCUT2D eigenvalue weighted by atomic mass is 10.0. The Bertz CT molecular complexity index is 1370. The van der Waals surface area contributed by atoms with Gasteiger partial charge in [0.2, 0.25) is 10.0 Å². The van der Waals surface area contributed by atoms with Crippen molar-refractivity contribution in [3.05, 3.63) is 52.5 Å². The van der Waals surface area contributed by atoms with E-state index in [4.69, 9.17) is 21.3 Å². The van der Waals surface area contributed by atoms with Crippen LogP contribution in [-0.2, 0) is 14.8 Å². The van der Waals surface area contributed by atoms with Gasteiger partial charge in [0.1, 0.15) is 0 Å². The number of hydrogen-bond acceptors (Lipinski definition) is 7. The third-order valence-corrected chi connectivity index (χ3v) is 11.1. The van der Waals surface area contributed by atoms with Gasteiger partial charge in [-0.3, -0.25) is 14.6 Å². The maximum atomic E-state index is 13.8. The number of amides is 1. The largest absolute Gasteiger partial charge is 0.379 e. The van der Waals surface area contributed by atoms with E-state index in [1.165, 1.54) is 11.3 Å². The van der Waals surface area contributed by atoms with Gasteiger partial charge in [0, 0.05) is 44.8 Å². The molecule has 8 nitrogen and oxygen atoms in total. The van der Waals surface area contributed by atoms with Gasteiger partial charge >= 0.3 is 0 Å². The molecule has 0 unspecified atom stereocenters. The standard InChI is InChI=1S/C28H35ClN4O4S2/c1-20-10-14-32(15-11-20)39(35,36)23-7-5-22(6-8-23)27(34)33(13-3-12-31-16-18-37-19-17-31)28-30-25-21(2)4-9-24(29)26(25)38-28/h4-9,20H,3,10-19H2,1-2H3. The fourth-order valence-electron chi connectivity index (χ4n) is 5.07. The van der Waals surface area contributed by atoms with E-state index in [1.807, 2.05) is 19.1 Å². The van der Waals surface area contributed by atoms with Crippen LogP contribution in [0.25, 0.3) is 10.2 Å². The molecule has 1 aromatic heterocycles. The summed E-state index contributed by atoms with van der Waals surface area (Å²) in [5.41, 5.74) is 2.22. The molecular weight excluding hydrogens is 556 g/mol. The molecule has 3 aromatic rings. The maximum Gasteiger partial charge on any atom is 0.260 e. The molecular formula is C28H35ClN4O4S2. The van der Waals surface area contributed by atoms with Gasteiger partial charge in [-0.05, 0) is 68.0 Å². The van der Waals surface area contributed by atoms with Gasteiger partial charge in [0.15, 0.2) is 5.13 Å². The van der Waals surface area contributed by atoms with Gasteiger partial charge in [-0.1, -0.05) is 35.9 Å². The van der Waals surface area contributed by atoms with E-state index in [-0.39, 0.29) is 10.8 Å². The Morgan fingerprint density at radius 3 is 2.46 bits per heavy atom. The fourth-order valence-corrected chi connectivity index (χ4v) is 7.88. The summed E-state index contributed by atoms with van der Waals surface area (Å²) in [7, 11) is -3.59. The Hall–Kier alpha value is -2.08. The van der Waals surface area contributed by atoms with Gasteiger partial charge in [-0.15, -0.1) is 0 Å². The second-order valence-electron chi connectivity index (χ2n) is 10.4. The summed E-state index contributed by atoms with van der Waals surface area (Å²) >= 11 is 7.88. The first-order valence-corrected chi connectivity index (χ1v) is 16.2. The summed E-state index contributed by atoms with van der Waals surface area (Å²) < 4.78 is 34.2. The number of nitrogens with zero attached hydrogens (tertiary/aromatic N) is 4. The molecule has 0 saturated carbocycles. The molecule has 0 spiro atoms. The zero-order valence-corrected chi connectivity index (χ0v) is 24.8. The van der Waals surface area contributed by atoms with Crippen LogP contribution in [0.4, 0.5) is 5.13 Å². The number of aromatic nitrogens is 1. The predicted octanol–water partition coefficient (Wildman–Crippen LogP) is 5.05. The molecule has 3 heterocycles. The number of morpholine rings is 1. The van der Waals surface area contributed by atoms with Crippen molar-refractivity contribution in [2.75, 3.05) is 57.4 Å². The SMILES string of the molecule is Cc1ccc(Cl)c2sc(N(CCCN3CCOCC3)C(=O)c3ccc(S(=O)(=O)N4CCC(C)CC4)cc3)nc12. The molecule has 39 heavy (non-hydrogen) atoms.